The van der Waals surface area contributed by atoms with E-state index in [9.17, 15) is 14.3 Å². The molecule has 2 N–H and O–H groups in total. The highest BCUT2D eigenvalue weighted by Gasteiger charge is 2.33. The van der Waals surface area contributed by atoms with E-state index in [1.165, 1.54) is 12.1 Å². The third-order valence-electron chi connectivity index (χ3n) is 5.95. The maximum atomic E-state index is 13.1. The van der Waals surface area contributed by atoms with Gasteiger partial charge in [-0.3, -0.25) is 4.79 Å². The predicted octanol–water partition coefficient (Wildman–Crippen LogP) is 3.46. The maximum absolute atomic E-state index is 13.1. The van der Waals surface area contributed by atoms with E-state index in [0.29, 0.717) is 32.3 Å². The molecule has 5 nitrogen and oxygen atoms in total. The van der Waals surface area contributed by atoms with Gasteiger partial charge in [0.15, 0.2) is 0 Å². The first-order chi connectivity index (χ1) is 14.0. The van der Waals surface area contributed by atoms with Gasteiger partial charge in [0, 0.05) is 37.3 Å². The molecule has 0 aliphatic carbocycles. The molecule has 0 atom stereocenters. The number of carbonyl (C=O) groups is 1. The molecule has 0 bridgehead atoms. The molecule has 1 saturated heterocycles. The Kier molecular flexibility index (Phi) is 5.83. The van der Waals surface area contributed by atoms with Crippen molar-refractivity contribution in [1.29, 1.82) is 0 Å². The minimum Gasteiger partial charge on any atom is -0.493 e. The van der Waals surface area contributed by atoms with Gasteiger partial charge in [0.2, 0.25) is 5.91 Å². The summed E-state index contributed by atoms with van der Waals surface area (Å²) in [6.07, 6.45) is 3.39. The zero-order valence-electron chi connectivity index (χ0n) is 16.5. The van der Waals surface area contributed by atoms with Crippen LogP contribution in [-0.2, 0) is 16.8 Å². The lowest BCUT2D eigenvalue weighted by atomic mass is 9.84. The van der Waals surface area contributed by atoms with Gasteiger partial charge in [0.05, 0.1) is 12.2 Å². The lowest BCUT2D eigenvalue weighted by Crippen LogP contribution is -2.43. The number of nitrogens with one attached hydrogen (secondary N) is 1. The van der Waals surface area contributed by atoms with Gasteiger partial charge >= 0.3 is 0 Å². The van der Waals surface area contributed by atoms with E-state index < -0.39 is 5.60 Å². The van der Waals surface area contributed by atoms with Gasteiger partial charge in [-0.25, -0.2) is 4.39 Å². The Labute approximate surface area is 170 Å². The Morgan fingerprint density at radius 2 is 1.86 bits per heavy atom. The Morgan fingerprint density at radius 3 is 2.62 bits per heavy atom. The van der Waals surface area contributed by atoms with E-state index in [4.69, 9.17) is 4.74 Å². The molecule has 0 aromatic heterocycles. The Hall–Kier alpha value is -2.44. The molecule has 0 unspecified atom stereocenters. The summed E-state index contributed by atoms with van der Waals surface area (Å²) in [6.45, 7) is 3.13. The monoisotopic (exact) mass is 398 g/mol. The van der Waals surface area contributed by atoms with Crippen molar-refractivity contribution in [1.82, 2.24) is 4.90 Å². The van der Waals surface area contributed by atoms with Gasteiger partial charge in [-0.05, 0) is 55.5 Å². The molecule has 154 valence electrons. The van der Waals surface area contributed by atoms with E-state index in [0.717, 1.165) is 48.6 Å². The summed E-state index contributed by atoms with van der Waals surface area (Å²) in [6, 6.07) is 12.0. The first kappa shape index (κ1) is 19.9. The molecule has 2 aromatic rings. The van der Waals surface area contributed by atoms with Crippen LogP contribution >= 0.6 is 0 Å². The number of nitrogens with zero attached hydrogens (tertiary/aromatic N) is 1. The van der Waals surface area contributed by atoms with Crippen LogP contribution in [0, 0.1) is 5.82 Å². The van der Waals surface area contributed by atoms with Crippen LogP contribution in [0.15, 0.2) is 42.5 Å². The van der Waals surface area contributed by atoms with Crippen LogP contribution in [-0.4, -0.2) is 42.2 Å². The van der Waals surface area contributed by atoms with E-state index in [-0.39, 0.29) is 11.7 Å². The van der Waals surface area contributed by atoms with Gasteiger partial charge in [-0.1, -0.05) is 18.2 Å². The van der Waals surface area contributed by atoms with E-state index in [1.807, 2.05) is 18.2 Å². The zero-order chi connectivity index (χ0) is 20.3. The summed E-state index contributed by atoms with van der Waals surface area (Å²) in [7, 11) is 0. The second-order valence-corrected chi connectivity index (χ2v) is 7.91. The average Bonchev–Trinajstić information content (AvgIpc) is 2.73. The van der Waals surface area contributed by atoms with Crippen molar-refractivity contribution in [3.8, 4) is 5.75 Å². The molecule has 29 heavy (non-hydrogen) atoms. The lowest BCUT2D eigenvalue weighted by Gasteiger charge is -2.38. The first-order valence-electron chi connectivity index (χ1n) is 10.3. The van der Waals surface area contributed by atoms with Crippen LogP contribution in [0.5, 0.6) is 5.75 Å². The second-order valence-electron chi connectivity index (χ2n) is 7.91. The molecule has 1 fully saturated rings. The number of aliphatic hydroxyl groups is 1. The number of carbonyl (C=O) groups excluding carboxylic acids is 1. The van der Waals surface area contributed by atoms with Crippen LogP contribution in [0.2, 0.25) is 0 Å². The van der Waals surface area contributed by atoms with Crippen LogP contribution in [0.3, 0.4) is 0 Å². The number of benzene rings is 2. The molecular weight excluding hydrogens is 371 g/mol. The summed E-state index contributed by atoms with van der Waals surface area (Å²) in [5, 5.41) is 13.8. The number of rotatable bonds is 6. The highest BCUT2D eigenvalue weighted by molar-refractivity contribution is 5.94. The molecule has 2 aromatic carbocycles. The number of halogens is 1. The largest absolute Gasteiger partial charge is 0.493 e. The van der Waals surface area contributed by atoms with Crippen molar-refractivity contribution in [2.75, 3.05) is 31.6 Å². The van der Waals surface area contributed by atoms with Gasteiger partial charge in [0.1, 0.15) is 11.6 Å². The second kappa shape index (κ2) is 8.51. The SMILES string of the molecule is O=C1CCc2c(cccc2OCCCN2CCC(O)(c3ccc(F)cc3)CC2)N1. The summed E-state index contributed by atoms with van der Waals surface area (Å²) in [5.74, 6) is 0.629. The fourth-order valence-electron chi connectivity index (χ4n) is 4.19. The molecule has 0 radical (unpaired) electrons. The molecule has 2 aliphatic heterocycles. The van der Waals surface area contributed by atoms with Gasteiger partial charge < -0.3 is 20.1 Å². The van der Waals surface area contributed by atoms with Gasteiger partial charge in [-0.15, -0.1) is 0 Å². The van der Waals surface area contributed by atoms with Crippen molar-refractivity contribution in [3.05, 3.63) is 59.4 Å². The maximum Gasteiger partial charge on any atom is 0.224 e. The fourth-order valence-corrected chi connectivity index (χ4v) is 4.19. The number of anilines is 1. The highest BCUT2D eigenvalue weighted by atomic mass is 19.1. The van der Waals surface area contributed by atoms with Gasteiger partial charge in [0.25, 0.3) is 0 Å². The normalized spacial score (nSPS) is 18.8. The van der Waals surface area contributed by atoms with Crippen molar-refractivity contribution >= 4 is 11.6 Å². The number of likely N-dealkylation sites (tertiary alicyclic amines) is 1. The standard InChI is InChI=1S/C23H27FN2O3/c24-18-7-5-17(6-8-18)23(28)11-14-26(15-12-23)13-2-16-29-21-4-1-3-20-19(21)9-10-22(27)25-20/h1,3-8,28H,2,9-16H2,(H,25,27). The van der Waals surface area contributed by atoms with E-state index >= 15 is 0 Å². The number of fused-ring (bicyclic) bond motifs is 1. The Bertz CT molecular complexity index is 861. The molecule has 0 saturated carbocycles. The molecule has 0 spiro atoms. The smallest absolute Gasteiger partial charge is 0.224 e. The number of hydrogen-bond donors (Lipinski definition) is 2. The molecule has 6 heteroatoms. The number of amides is 1. The molecular formula is C23H27FN2O3. The summed E-state index contributed by atoms with van der Waals surface area (Å²) in [4.78, 5) is 13.9. The zero-order valence-corrected chi connectivity index (χ0v) is 16.5. The number of hydrogen-bond acceptors (Lipinski definition) is 4. The number of ether oxygens (including phenoxy) is 1. The first-order valence-corrected chi connectivity index (χ1v) is 10.3. The molecule has 1 amide bonds. The molecule has 2 aliphatic rings. The van der Waals surface area contributed by atoms with Crippen LogP contribution < -0.4 is 10.1 Å². The fraction of sp³-hybridized carbons (Fsp3) is 0.435. The topological polar surface area (TPSA) is 61.8 Å². The van der Waals surface area contributed by atoms with E-state index in [1.54, 1.807) is 12.1 Å². The predicted molar refractivity (Wildman–Crippen MR) is 109 cm³/mol. The van der Waals surface area contributed by atoms with Gasteiger partial charge in [-0.2, -0.15) is 0 Å². The Balaban J connectivity index is 1.23. The minimum absolute atomic E-state index is 0.0559. The van der Waals surface area contributed by atoms with Crippen molar-refractivity contribution in [3.63, 3.8) is 0 Å². The van der Waals surface area contributed by atoms with Crippen LogP contribution in [0.25, 0.3) is 0 Å². The van der Waals surface area contributed by atoms with Crippen LogP contribution in [0.4, 0.5) is 10.1 Å². The average molecular weight is 398 g/mol. The summed E-state index contributed by atoms with van der Waals surface area (Å²) in [5.41, 5.74) is 1.86. The summed E-state index contributed by atoms with van der Waals surface area (Å²) >= 11 is 0. The minimum atomic E-state index is -0.867. The highest BCUT2D eigenvalue weighted by Crippen LogP contribution is 2.33. The third-order valence-corrected chi connectivity index (χ3v) is 5.95. The van der Waals surface area contributed by atoms with Crippen molar-refractivity contribution in [2.45, 2.75) is 37.7 Å². The molecule has 4 rings (SSSR count). The number of piperidine rings is 1. The third kappa shape index (κ3) is 4.60. The van der Waals surface area contributed by atoms with Crippen molar-refractivity contribution < 1.29 is 19.0 Å². The van der Waals surface area contributed by atoms with Crippen molar-refractivity contribution in [2.24, 2.45) is 0 Å². The Morgan fingerprint density at radius 1 is 1.10 bits per heavy atom. The summed E-state index contributed by atoms with van der Waals surface area (Å²) < 4.78 is 19.1. The lowest BCUT2D eigenvalue weighted by molar-refractivity contribution is -0.116. The van der Waals surface area contributed by atoms with E-state index in [2.05, 4.69) is 10.2 Å². The van der Waals surface area contributed by atoms with Crippen LogP contribution in [0.1, 0.15) is 36.8 Å². The quantitative estimate of drug-likeness (QED) is 0.732. The molecule has 2 heterocycles.